The predicted octanol–water partition coefficient (Wildman–Crippen LogP) is 0.748. The number of nitrogens with zero attached hydrogens (tertiary/aromatic N) is 2. The SMILES string of the molecule is O=C(NCc1ccccn1)N1CCCC1CO. The summed E-state index contributed by atoms with van der Waals surface area (Å²) in [7, 11) is 0. The van der Waals surface area contributed by atoms with E-state index in [4.69, 9.17) is 5.11 Å². The van der Waals surface area contributed by atoms with E-state index in [0.717, 1.165) is 25.1 Å². The number of carbonyl (C=O) groups excluding carboxylic acids is 1. The molecular formula is C12H17N3O2. The standard InChI is InChI=1S/C12H17N3O2/c16-9-11-5-3-7-15(11)12(17)14-8-10-4-1-2-6-13-10/h1-2,4,6,11,16H,3,5,7-9H2,(H,14,17). The van der Waals surface area contributed by atoms with E-state index >= 15 is 0 Å². The topological polar surface area (TPSA) is 65.5 Å². The number of hydrogen-bond donors (Lipinski definition) is 2. The number of urea groups is 1. The molecule has 0 saturated carbocycles. The molecule has 17 heavy (non-hydrogen) atoms. The number of amides is 2. The van der Waals surface area contributed by atoms with Crippen molar-refractivity contribution in [3.05, 3.63) is 30.1 Å². The normalized spacial score (nSPS) is 19.4. The van der Waals surface area contributed by atoms with Gasteiger partial charge in [-0.1, -0.05) is 6.07 Å². The third-order valence-corrected chi connectivity index (χ3v) is 3.00. The highest BCUT2D eigenvalue weighted by atomic mass is 16.3. The summed E-state index contributed by atoms with van der Waals surface area (Å²) in [5, 5.41) is 12.0. The summed E-state index contributed by atoms with van der Waals surface area (Å²) in [5.41, 5.74) is 0.834. The largest absolute Gasteiger partial charge is 0.394 e. The molecule has 5 heteroatoms. The zero-order valence-corrected chi connectivity index (χ0v) is 9.67. The van der Waals surface area contributed by atoms with Crippen LogP contribution in [0.1, 0.15) is 18.5 Å². The van der Waals surface area contributed by atoms with Crippen LogP contribution in [0, 0.1) is 0 Å². The first-order valence-corrected chi connectivity index (χ1v) is 5.86. The highest BCUT2D eigenvalue weighted by Gasteiger charge is 2.27. The van der Waals surface area contributed by atoms with Crippen LogP contribution in [-0.4, -0.2) is 40.2 Å². The summed E-state index contributed by atoms with van der Waals surface area (Å²) in [6, 6.07) is 5.45. The van der Waals surface area contributed by atoms with Gasteiger partial charge >= 0.3 is 6.03 Å². The van der Waals surface area contributed by atoms with Gasteiger partial charge in [-0.2, -0.15) is 0 Å². The summed E-state index contributed by atoms with van der Waals surface area (Å²) in [6.07, 6.45) is 3.55. The number of aliphatic hydroxyl groups excluding tert-OH is 1. The Hall–Kier alpha value is -1.62. The fourth-order valence-corrected chi connectivity index (χ4v) is 2.06. The first-order chi connectivity index (χ1) is 8.31. The second-order valence-electron chi connectivity index (χ2n) is 4.15. The highest BCUT2D eigenvalue weighted by molar-refractivity contribution is 5.74. The molecule has 0 spiro atoms. The number of pyridine rings is 1. The maximum Gasteiger partial charge on any atom is 0.318 e. The Morgan fingerprint density at radius 3 is 3.18 bits per heavy atom. The quantitative estimate of drug-likeness (QED) is 0.812. The van der Waals surface area contributed by atoms with Gasteiger partial charge in [0.2, 0.25) is 0 Å². The summed E-state index contributed by atoms with van der Waals surface area (Å²) in [5.74, 6) is 0. The lowest BCUT2D eigenvalue weighted by atomic mass is 10.2. The first kappa shape index (κ1) is 11.9. The van der Waals surface area contributed by atoms with Gasteiger partial charge in [-0.15, -0.1) is 0 Å². The van der Waals surface area contributed by atoms with E-state index in [1.165, 1.54) is 0 Å². The molecule has 1 aromatic rings. The fourth-order valence-electron chi connectivity index (χ4n) is 2.06. The zero-order valence-electron chi connectivity index (χ0n) is 9.67. The highest BCUT2D eigenvalue weighted by Crippen LogP contribution is 2.16. The Morgan fingerprint density at radius 2 is 2.47 bits per heavy atom. The van der Waals surface area contributed by atoms with Crippen molar-refractivity contribution < 1.29 is 9.90 Å². The van der Waals surface area contributed by atoms with Gasteiger partial charge in [0.05, 0.1) is 24.9 Å². The molecule has 2 heterocycles. The third kappa shape index (κ3) is 2.94. The Kier molecular flexibility index (Phi) is 3.93. The summed E-state index contributed by atoms with van der Waals surface area (Å²) >= 11 is 0. The van der Waals surface area contributed by atoms with Crippen molar-refractivity contribution in [1.29, 1.82) is 0 Å². The van der Waals surface area contributed by atoms with E-state index in [9.17, 15) is 4.79 Å². The molecule has 1 aliphatic rings. The maximum absolute atomic E-state index is 11.9. The molecule has 92 valence electrons. The van der Waals surface area contributed by atoms with Gasteiger partial charge in [-0.05, 0) is 25.0 Å². The Bertz CT molecular complexity index is 369. The molecule has 0 radical (unpaired) electrons. The predicted molar refractivity (Wildman–Crippen MR) is 63.3 cm³/mol. The van der Waals surface area contributed by atoms with Gasteiger partial charge in [0.15, 0.2) is 0 Å². The van der Waals surface area contributed by atoms with Crippen LogP contribution >= 0.6 is 0 Å². The smallest absolute Gasteiger partial charge is 0.318 e. The molecule has 0 bridgehead atoms. The van der Waals surface area contributed by atoms with Gasteiger partial charge in [0, 0.05) is 12.7 Å². The van der Waals surface area contributed by atoms with Gasteiger partial charge in [0.1, 0.15) is 0 Å². The van der Waals surface area contributed by atoms with Crippen LogP contribution in [0.5, 0.6) is 0 Å². The molecule has 2 amide bonds. The number of aromatic nitrogens is 1. The van der Waals surface area contributed by atoms with Crippen molar-refractivity contribution in [3.8, 4) is 0 Å². The third-order valence-electron chi connectivity index (χ3n) is 3.00. The number of likely N-dealkylation sites (tertiary alicyclic amines) is 1. The van der Waals surface area contributed by atoms with Gasteiger partial charge in [-0.3, -0.25) is 4.98 Å². The second-order valence-corrected chi connectivity index (χ2v) is 4.15. The fraction of sp³-hybridized carbons (Fsp3) is 0.500. The van der Waals surface area contributed by atoms with Crippen molar-refractivity contribution >= 4 is 6.03 Å². The first-order valence-electron chi connectivity index (χ1n) is 5.86. The number of hydrogen-bond acceptors (Lipinski definition) is 3. The minimum atomic E-state index is -0.118. The zero-order chi connectivity index (χ0) is 12.1. The second kappa shape index (κ2) is 5.63. The van der Waals surface area contributed by atoms with Crippen molar-refractivity contribution in [1.82, 2.24) is 15.2 Å². The maximum atomic E-state index is 11.9. The monoisotopic (exact) mass is 235 g/mol. The van der Waals surface area contributed by atoms with E-state index < -0.39 is 0 Å². The molecule has 1 unspecified atom stereocenters. The Balaban J connectivity index is 1.85. The van der Waals surface area contributed by atoms with Gasteiger partial charge < -0.3 is 15.3 Å². The minimum absolute atomic E-state index is 0.0290. The van der Waals surface area contributed by atoms with Crippen LogP contribution < -0.4 is 5.32 Å². The van der Waals surface area contributed by atoms with Crippen LogP contribution in [0.15, 0.2) is 24.4 Å². The number of nitrogens with one attached hydrogen (secondary N) is 1. The van der Waals surface area contributed by atoms with E-state index in [0.29, 0.717) is 6.54 Å². The molecule has 2 N–H and O–H groups in total. The molecule has 1 aliphatic heterocycles. The molecule has 0 aromatic carbocycles. The number of rotatable bonds is 3. The number of carbonyl (C=O) groups is 1. The lowest BCUT2D eigenvalue weighted by Gasteiger charge is -2.23. The van der Waals surface area contributed by atoms with E-state index in [1.54, 1.807) is 11.1 Å². The summed E-state index contributed by atoms with van der Waals surface area (Å²) < 4.78 is 0. The molecule has 2 rings (SSSR count). The molecule has 1 saturated heterocycles. The van der Waals surface area contributed by atoms with Crippen LogP contribution in [-0.2, 0) is 6.54 Å². The van der Waals surface area contributed by atoms with Crippen LogP contribution in [0.25, 0.3) is 0 Å². The Labute approximate surface area is 100 Å². The van der Waals surface area contributed by atoms with Crippen LogP contribution in [0.4, 0.5) is 4.79 Å². The van der Waals surface area contributed by atoms with Crippen LogP contribution in [0.2, 0.25) is 0 Å². The number of aliphatic hydroxyl groups is 1. The molecule has 1 aromatic heterocycles. The van der Waals surface area contributed by atoms with Crippen molar-refractivity contribution in [2.45, 2.75) is 25.4 Å². The van der Waals surface area contributed by atoms with E-state index in [-0.39, 0.29) is 18.7 Å². The molecule has 1 fully saturated rings. The summed E-state index contributed by atoms with van der Waals surface area (Å²) in [4.78, 5) is 17.7. The average Bonchev–Trinajstić information content (AvgIpc) is 2.85. The van der Waals surface area contributed by atoms with Crippen molar-refractivity contribution in [2.75, 3.05) is 13.2 Å². The van der Waals surface area contributed by atoms with Gasteiger partial charge in [0.25, 0.3) is 0 Å². The molecule has 1 atom stereocenters. The van der Waals surface area contributed by atoms with Crippen molar-refractivity contribution in [2.24, 2.45) is 0 Å². The average molecular weight is 235 g/mol. The molecular weight excluding hydrogens is 218 g/mol. The minimum Gasteiger partial charge on any atom is -0.394 e. The summed E-state index contributed by atoms with van der Waals surface area (Å²) in [6.45, 7) is 1.19. The lowest BCUT2D eigenvalue weighted by molar-refractivity contribution is 0.157. The Morgan fingerprint density at radius 1 is 1.59 bits per heavy atom. The van der Waals surface area contributed by atoms with E-state index in [2.05, 4.69) is 10.3 Å². The van der Waals surface area contributed by atoms with E-state index in [1.807, 2.05) is 18.2 Å². The lowest BCUT2D eigenvalue weighted by Crippen LogP contribution is -2.43. The van der Waals surface area contributed by atoms with Crippen LogP contribution in [0.3, 0.4) is 0 Å². The van der Waals surface area contributed by atoms with Crippen molar-refractivity contribution in [3.63, 3.8) is 0 Å². The van der Waals surface area contributed by atoms with Gasteiger partial charge in [-0.25, -0.2) is 4.79 Å². The molecule has 0 aliphatic carbocycles. The molecule has 5 nitrogen and oxygen atoms in total.